The predicted octanol–water partition coefficient (Wildman–Crippen LogP) is 0.146. The van der Waals surface area contributed by atoms with E-state index in [9.17, 15) is 9.28 Å². The fourth-order valence-electron chi connectivity index (χ4n) is 0.595. The highest BCUT2D eigenvalue weighted by Gasteiger charge is 2.17. The number of carbonyl (C=O) groups is 1. The van der Waals surface area contributed by atoms with Crippen LogP contribution in [0.2, 0.25) is 0 Å². The second-order valence-corrected chi connectivity index (χ2v) is 1.63. The summed E-state index contributed by atoms with van der Waals surface area (Å²) in [4.78, 5) is 10.2. The van der Waals surface area contributed by atoms with Gasteiger partial charge in [-0.05, 0) is 0 Å². The molecule has 0 aliphatic carbocycles. The smallest absolute Gasteiger partial charge is 0.150 e. The summed E-state index contributed by atoms with van der Waals surface area (Å²) in [6.07, 6.45) is 0.385. The van der Waals surface area contributed by atoms with Gasteiger partial charge in [0.1, 0.15) is 0 Å². The zero-order valence-corrected chi connectivity index (χ0v) is 3.85. The Balaban J connectivity index is 2.40. The number of ketones is 1. The third-order valence-corrected chi connectivity index (χ3v) is 0.981. The molecule has 1 saturated heterocycles. The van der Waals surface area contributed by atoms with E-state index in [1.165, 1.54) is 0 Å². The Hall–Kier alpha value is -0.440. The molecule has 3 heteroatoms. The van der Waals surface area contributed by atoms with Gasteiger partial charge in [-0.3, -0.25) is 4.79 Å². The van der Waals surface area contributed by atoms with Gasteiger partial charge in [0.2, 0.25) is 0 Å². The molecule has 0 bridgehead atoms. The van der Waals surface area contributed by atoms with Crippen LogP contribution in [0.25, 0.3) is 0 Å². The van der Waals surface area contributed by atoms with Gasteiger partial charge in [-0.25, -0.2) is 0 Å². The van der Waals surface area contributed by atoms with Gasteiger partial charge in [0.05, 0.1) is 6.54 Å². The maximum atomic E-state index is 11.8. The largest absolute Gasteiger partial charge is 0.298 e. The van der Waals surface area contributed by atoms with Crippen LogP contribution >= 0.6 is 0 Å². The molecule has 0 spiro atoms. The van der Waals surface area contributed by atoms with E-state index in [2.05, 4.69) is 0 Å². The van der Waals surface area contributed by atoms with E-state index in [0.29, 0.717) is 18.1 Å². The first-order chi connectivity index (χ1) is 3.29. The van der Waals surface area contributed by atoms with Crippen molar-refractivity contribution in [2.45, 2.75) is 6.42 Å². The van der Waals surface area contributed by atoms with Gasteiger partial charge >= 0.3 is 0 Å². The molecule has 1 rings (SSSR count). The van der Waals surface area contributed by atoms with E-state index in [-0.39, 0.29) is 12.3 Å². The van der Waals surface area contributed by atoms with Crippen LogP contribution in [0.3, 0.4) is 0 Å². The Kier molecular flexibility index (Phi) is 1.06. The quantitative estimate of drug-likeness (QED) is 0.406. The molecule has 0 aromatic heterocycles. The van der Waals surface area contributed by atoms with Gasteiger partial charge in [-0.2, -0.15) is 0 Å². The highest BCUT2D eigenvalue weighted by atomic mass is 19.2. The number of carbonyl (C=O) groups excluding carboxylic acids is 1. The van der Waals surface area contributed by atoms with Crippen molar-refractivity contribution in [1.29, 1.82) is 0 Å². The zero-order chi connectivity index (χ0) is 5.28. The molecule has 0 N–H and O–H groups in total. The van der Waals surface area contributed by atoms with Crippen molar-refractivity contribution in [3.8, 4) is 0 Å². The van der Waals surface area contributed by atoms with Crippen LogP contribution in [0.1, 0.15) is 6.42 Å². The van der Waals surface area contributed by atoms with E-state index >= 15 is 0 Å². The van der Waals surface area contributed by atoms with Crippen LogP contribution in [-0.4, -0.2) is 24.0 Å². The minimum atomic E-state index is 0. The molecule has 0 radical (unpaired) electrons. The van der Waals surface area contributed by atoms with Gasteiger partial charge in [-0.15, -0.1) is 9.60 Å². The van der Waals surface area contributed by atoms with Gasteiger partial charge < -0.3 is 0 Å². The Morgan fingerprint density at radius 3 is 2.57 bits per heavy atom. The Bertz CT molecular complexity index is 93.7. The van der Waals surface area contributed by atoms with Crippen LogP contribution in [-0.2, 0) is 4.79 Å². The highest BCUT2D eigenvalue weighted by molar-refractivity contribution is 5.82. The number of hydrogen-bond donors (Lipinski definition) is 0. The molecule has 0 amide bonds. The number of nitrogens with zero attached hydrogens (tertiary/aromatic N) is 1. The summed E-state index contributed by atoms with van der Waals surface area (Å²) in [7, 11) is 0. The van der Waals surface area contributed by atoms with Crippen molar-refractivity contribution in [2.24, 2.45) is 0 Å². The van der Waals surface area contributed by atoms with E-state index in [1.54, 1.807) is 0 Å². The second kappa shape index (κ2) is 1.58. The fourth-order valence-corrected chi connectivity index (χ4v) is 0.595. The van der Waals surface area contributed by atoms with Crippen molar-refractivity contribution in [3.63, 3.8) is 0 Å². The Morgan fingerprint density at radius 1 is 1.71 bits per heavy atom. The van der Waals surface area contributed by atoms with Crippen LogP contribution in [0, 0.1) is 0 Å². The summed E-state index contributed by atoms with van der Waals surface area (Å²) < 4.78 is 11.8. The summed E-state index contributed by atoms with van der Waals surface area (Å²) in [5, 5.41) is 0.530. The molecule has 1 aliphatic heterocycles. The van der Waals surface area contributed by atoms with Crippen LogP contribution < -0.4 is 0 Å². The minimum absolute atomic E-state index is 0. The van der Waals surface area contributed by atoms with E-state index in [4.69, 9.17) is 0 Å². The molecule has 40 valence electrons. The molecule has 7 heavy (non-hydrogen) atoms. The van der Waals surface area contributed by atoms with Crippen molar-refractivity contribution in [1.82, 2.24) is 5.12 Å². The van der Waals surface area contributed by atoms with Crippen LogP contribution in [0.5, 0.6) is 0 Å². The third-order valence-electron chi connectivity index (χ3n) is 0.981. The minimum Gasteiger partial charge on any atom is -0.298 e. The van der Waals surface area contributed by atoms with Gasteiger partial charge in [0.15, 0.2) is 5.78 Å². The van der Waals surface area contributed by atoms with Crippen LogP contribution in [0.15, 0.2) is 0 Å². The number of rotatable bonds is 0. The lowest BCUT2D eigenvalue weighted by molar-refractivity contribution is -0.118. The van der Waals surface area contributed by atoms with Crippen molar-refractivity contribution >= 4 is 5.78 Å². The molecule has 0 atom stereocenters. The molecule has 1 aliphatic rings. The molecule has 0 saturated carbocycles. The summed E-state index contributed by atoms with van der Waals surface area (Å²) in [5.41, 5.74) is 0. The standard InChI is InChI=1S/C4H6FNO/c5-6-2-1-4(7)3-6/h1-3H2. The lowest BCUT2D eigenvalue weighted by atomic mass is 10.4. The lowest BCUT2D eigenvalue weighted by Gasteiger charge is -1.92. The predicted molar refractivity (Wildman–Crippen MR) is 22.3 cm³/mol. The van der Waals surface area contributed by atoms with Gasteiger partial charge in [0.25, 0.3) is 0 Å². The maximum absolute atomic E-state index is 11.8. The highest BCUT2D eigenvalue weighted by Crippen LogP contribution is 2.02. The molecule has 0 aromatic carbocycles. The van der Waals surface area contributed by atoms with Gasteiger partial charge in [0, 0.05) is 13.0 Å². The number of Topliss-reactive ketones (excluding diaryl/α,β-unsaturated/α-hetero) is 1. The van der Waals surface area contributed by atoms with Crippen molar-refractivity contribution in [3.05, 3.63) is 0 Å². The molecule has 2 nitrogen and oxygen atoms in total. The topological polar surface area (TPSA) is 20.3 Å². The normalized spacial score (nSPS) is 23.9. The maximum Gasteiger partial charge on any atom is 0.150 e. The third kappa shape index (κ3) is 0.962. The van der Waals surface area contributed by atoms with E-state index in [1.807, 2.05) is 0 Å². The van der Waals surface area contributed by atoms with E-state index in [0.717, 1.165) is 0 Å². The number of halogens is 1. The molecule has 1 heterocycles. The summed E-state index contributed by atoms with van der Waals surface area (Å²) in [5.74, 6) is 0.00231. The second-order valence-electron chi connectivity index (χ2n) is 1.63. The molecule has 0 unspecified atom stereocenters. The molecule has 1 fully saturated rings. The van der Waals surface area contributed by atoms with Crippen molar-refractivity contribution in [2.75, 3.05) is 13.1 Å². The molecule has 0 aromatic rings. The van der Waals surface area contributed by atoms with Gasteiger partial charge in [-0.1, -0.05) is 0 Å². The average molecular weight is 103 g/mol. The van der Waals surface area contributed by atoms with Crippen molar-refractivity contribution < 1.29 is 9.28 Å². The van der Waals surface area contributed by atoms with E-state index < -0.39 is 0 Å². The lowest BCUT2D eigenvalue weighted by Crippen LogP contribution is -2.07. The Labute approximate surface area is 40.9 Å². The summed E-state index contributed by atoms with van der Waals surface area (Å²) in [6, 6.07) is 0. The average Bonchev–Trinajstić information content (AvgIpc) is 1.87. The first-order valence-electron chi connectivity index (χ1n) is 2.21. The Morgan fingerprint density at radius 2 is 2.43 bits per heavy atom. The first-order valence-corrected chi connectivity index (χ1v) is 2.21. The zero-order valence-electron chi connectivity index (χ0n) is 3.85. The van der Waals surface area contributed by atoms with Crippen LogP contribution in [0.4, 0.5) is 4.48 Å². The molecular formula is C4H6FNO. The SMILES string of the molecule is O=C1CCN(F)C1. The fraction of sp³-hybridized carbons (Fsp3) is 0.750. The number of hydrogen-bond acceptors (Lipinski definition) is 2. The summed E-state index contributed by atoms with van der Waals surface area (Å²) in [6.45, 7) is 0.291. The molecular weight excluding hydrogens is 97.0 g/mol. The monoisotopic (exact) mass is 103 g/mol. The summed E-state index contributed by atoms with van der Waals surface area (Å²) >= 11 is 0. The first kappa shape index (κ1) is 4.71.